The van der Waals surface area contributed by atoms with Gasteiger partial charge in [-0.15, -0.1) is 0 Å². The molecule has 0 unspecified atom stereocenters. The van der Waals surface area contributed by atoms with Gasteiger partial charge in [0, 0.05) is 12.4 Å². The Kier molecular flexibility index (Phi) is 34.6. The summed E-state index contributed by atoms with van der Waals surface area (Å²) in [5.74, 6) is 0.553. The smallest absolute Gasteiger partial charge is 0.0346 e. The predicted molar refractivity (Wildman–Crippen MR) is 123 cm³/mol. The van der Waals surface area contributed by atoms with Gasteiger partial charge >= 0.3 is 0 Å². The monoisotopic (exact) mass is 366 g/mol. The van der Waals surface area contributed by atoms with Crippen LogP contribution >= 0.6 is 12.6 Å². The second kappa shape index (κ2) is 27.5. The minimum Gasteiger partial charge on any atom is -0.333 e. The molecule has 0 amide bonds. The molecule has 1 heterocycles. The Labute approximate surface area is 163 Å². The lowest BCUT2D eigenvalue weighted by Crippen LogP contribution is -1.88. The summed E-state index contributed by atoms with van der Waals surface area (Å²) in [4.78, 5) is 4.13. The molecule has 0 aliphatic rings. The van der Waals surface area contributed by atoms with Gasteiger partial charge in [-0.2, -0.15) is 12.6 Å². The predicted octanol–water partition coefficient (Wildman–Crippen LogP) is 6.82. The number of hydrogen-bond acceptors (Lipinski definition) is 3. The van der Waals surface area contributed by atoms with E-state index in [4.69, 9.17) is 0 Å². The highest BCUT2D eigenvalue weighted by atomic mass is 32.1. The molecule has 0 radical (unpaired) electrons. The maximum absolute atomic E-state index is 4.50. The van der Waals surface area contributed by atoms with Crippen molar-refractivity contribution in [3.63, 3.8) is 0 Å². The summed E-state index contributed by atoms with van der Waals surface area (Å²) >= 11 is 3.53. The van der Waals surface area contributed by atoms with Crippen LogP contribution in [-0.2, 0) is 0 Å². The highest BCUT2D eigenvalue weighted by molar-refractivity contribution is 7.79. The molecular formula is C22H42N2S. The largest absolute Gasteiger partial charge is 0.333 e. The summed E-state index contributed by atoms with van der Waals surface area (Å²) in [7, 11) is 1.50. The molecule has 0 aliphatic carbocycles. The molecule has 1 rings (SSSR count). The van der Waals surface area contributed by atoms with Crippen molar-refractivity contribution in [2.45, 2.75) is 54.9 Å². The molecule has 0 fully saturated rings. The molecule has 0 aromatic carbocycles. The van der Waals surface area contributed by atoms with Crippen molar-refractivity contribution in [2.24, 2.45) is 11.7 Å². The summed E-state index contributed by atoms with van der Waals surface area (Å²) in [5.41, 5.74) is 7.81. The average Bonchev–Trinajstić information content (AvgIpc) is 2.71. The first-order valence-corrected chi connectivity index (χ1v) is 10.0. The Bertz CT molecular complexity index is 421. The van der Waals surface area contributed by atoms with E-state index >= 15 is 0 Å². The number of thiol groups is 1. The van der Waals surface area contributed by atoms with Crippen LogP contribution in [0.3, 0.4) is 0 Å². The summed E-state index contributed by atoms with van der Waals surface area (Å²) in [6.07, 6.45) is 12.9. The lowest BCUT2D eigenvalue weighted by Gasteiger charge is -2.07. The number of allylic oxidation sites excluding steroid dienone is 5. The lowest BCUT2D eigenvalue weighted by atomic mass is 9.98. The van der Waals surface area contributed by atoms with Gasteiger partial charge in [-0.25, -0.2) is 0 Å². The molecule has 0 atom stereocenters. The third kappa shape index (κ3) is 18.9. The van der Waals surface area contributed by atoms with Crippen molar-refractivity contribution in [3.8, 4) is 0 Å². The molecule has 1 aromatic heterocycles. The van der Waals surface area contributed by atoms with Crippen LogP contribution in [-0.4, -0.2) is 18.3 Å². The molecule has 25 heavy (non-hydrogen) atoms. The molecule has 0 aliphatic heterocycles. The number of pyridine rings is 1. The number of nitrogens with zero attached hydrogens (tertiary/aromatic N) is 1. The molecule has 0 saturated carbocycles. The van der Waals surface area contributed by atoms with Crippen molar-refractivity contribution in [3.05, 3.63) is 60.5 Å². The second-order valence-corrected chi connectivity index (χ2v) is 4.39. The van der Waals surface area contributed by atoms with Crippen molar-refractivity contribution >= 4 is 18.2 Å². The number of hydrogen-bond donors (Lipinski definition) is 2. The first kappa shape index (κ1) is 31.4. The fourth-order valence-corrected chi connectivity index (χ4v) is 1.52. The van der Waals surface area contributed by atoms with Gasteiger partial charge in [-0.3, -0.25) is 4.98 Å². The average molecular weight is 367 g/mol. The van der Waals surface area contributed by atoms with E-state index in [1.165, 1.54) is 12.6 Å². The normalized spacial score (nSPS) is 9.36. The first-order valence-electron chi connectivity index (χ1n) is 9.15. The van der Waals surface area contributed by atoms with E-state index in [2.05, 4.69) is 68.9 Å². The van der Waals surface area contributed by atoms with Crippen molar-refractivity contribution in [1.82, 2.24) is 4.98 Å². The molecule has 0 bridgehead atoms. The van der Waals surface area contributed by atoms with Gasteiger partial charge in [0.15, 0.2) is 0 Å². The van der Waals surface area contributed by atoms with Gasteiger partial charge in [0.05, 0.1) is 0 Å². The first-order chi connectivity index (χ1) is 12.1. The van der Waals surface area contributed by atoms with Crippen LogP contribution in [0.25, 0.3) is 5.57 Å². The van der Waals surface area contributed by atoms with E-state index in [0.717, 1.165) is 17.6 Å². The standard InChI is InChI=1S/C16H21N.2C2H6.CH5N.CH4S/c1-5-7-15(10-9-13(2)3)14(4)16-8-6-11-17-12-16;4*1-2/h6-13H,4-5H2,1-3H3;2*1-2H3;2H2,1H3;2H,1H3/b10-9-,15-7+;;;;. The fourth-order valence-electron chi connectivity index (χ4n) is 1.52. The van der Waals surface area contributed by atoms with Crippen LogP contribution in [0.4, 0.5) is 0 Å². The molecule has 2 N–H and O–H groups in total. The minimum atomic E-state index is 0.553. The van der Waals surface area contributed by atoms with Crippen LogP contribution in [0.2, 0.25) is 0 Å². The summed E-state index contributed by atoms with van der Waals surface area (Å²) in [6.45, 7) is 18.6. The molecular weight excluding hydrogens is 324 g/mol. The third-order valence-corrected chi connectivity index (χ3v) is 2.44. The Balaban J connectivity index is -0.000000241. The van der Waals surface area contributed by atoms with E-state index in [1.54, 1.807) is 12.5 Å². The van der Waals surface area contributed by atoms with E-state index in [-0.39, 0.29) is 0 Å². The maximum atomic E-state index is 4.50. The van der Waals surface area contributed by atoms with E-state index in [1.807, 2.05) is 46.0 Å². The van der Waals surface area contributed by atoms with Crippen molar-refractivity contribution in [1.29, 1.82) is 0 Å². The Hall–Kier alpha value is -1.32. The van der Waals surface area contributed by atoms with Gasteiger partial charge in [-0.05, 0) is 48.4 Å². The van der Waals surface area contributed by atoms with E-state index < -0.39 is 0 Å². The van der Waals surface area contributed by atoms with Crippen LogP contribution in [0.5, 0.6) is 0 Å². The topological polar surface area (TPSA) is 38.9 Å². The second-order valence-electron chi connectivity index (χ2n) is 4.39. The molecule has 2 nitrogen and oxygen atoms in total. The highest BCUT2D eigenvalue weighted by Gasteiger charge is 2.02. The van der Waals surface area contributed by atoms with Gasteiger partial charge in [0.2, 0.25) is 0 Å². The SMILES string of the molecule is C=C(C(/C=C\C(C)C)=C/CC)c1cccnc1.CC.CC.CN.CS. The Morgan fingerprint density at radius 3 is 2.08 bits per heavy atom. The fraction of sp³-hybridized carbons (Fsp3) is 0.500. The Morgan fingerprint density at radius 2 is 1.72 bits per heavy atom. The summed E-state index contributed by atoms with van der Waals surface area (Å²) < 4.78 is 0. The maximum Gasteiger partial charge on any atom is 0.0346 e. The van der Waals surface area contributed by atoms with Crippen LogP contribution in [0.15, 0.2) is 54.9 Å². The zero-order valence-electron chi connectivity index (χ0n) is 18.0. The third-order valence-electron chi connectivity index (χ3n) is 2.44. The summed E-state index contributed by atoms with van der Waals surface area (Å²) in [6, 6.07) is 3.98. The molecule has 146 valence electrons. The zero-order chi connectivity index (χ0) is 20.7. The Morgan fingerprint density at radius 1 is 1.20 bits per heavy atom. The van der Waals surface area contributed by atoms with Gasteiger partial charge in [0.1, 0.15) is 0 Å². The van der Waals surface area contributed by atoms with Crippen molar-refractivity contribution < 1.29 is 0 Å². The molecule has 3 heteroatoms. The number of aromatic nitrogens is 1. The van der Waals surface area contributed by atoms with Gasteiger partial charge in [0.25, 0.3) is 0 Å². The van der Waals surface area contributed by atoms with Crippen LogP contribution in [0, 0.1) is 5.92 Å². The van der Waals surface area contributed by atoms with Crippen LogP contribution in [0.1, 0.15) is 60.5 Å². The van der Waals surface area contributed by atoms with E-state index in [0.29, 0.717) is 5.92 Å². The zero-order valence-corrected chi connectivity index (χ0v) is 18.9. The number of nitrogens with two attached hydrogens (primary N) is 1. The van der Waals surface area contributed by atoms with Gasteiger partial charge in [-0.1, -0.05) is 79.3 Å². The highest BCUT2D eigenvalue weighted by Crippen LogP contribution is 2.22. The number of rotatable bonds is 5. The molecule has 0 saturated heterocycles. The van der Waals surface area contributed by atoms with Gasteiger partial charge < -0.3 is 5.73 Å². The van der Waals surface area contributed by atoms with Crippen LogP contribution < -0.4 is 5.73 Å². The van der Waals surface area contributed by atoms with Crippen molar-refractivity contribution in [2.75, 3.05) is 13.3 Å². The molecule has 0 spiro atoms. The minimum absolute atomic E-state index is 0.553. The summed E-state index contributed by atoms with van der Waals surface area (Å²) in [5, 5.41) is 0. The van der Waals surface area contributed by atoms with E-state index in [9.17, 15) is 0 Å². The lowest BCUT2D eigenvalue weighted by molar-refractivity contribution is 0.831. The quantitative estimate of drug-likeness (QED) is 0.443. The molecule has 1 aromatic rings.